The Morgan fingerprint density at radius 2 is 1.90 bits per heavy atom. The van der Waals surface area contributed by atoms with Crippen molar-refractivity contribution in [3.63, 3.8) is 0 Å². The van der Waals surface area contributed by atoms with Gasteiger partial charge in [-0.2, -0.15) is 0 Å². The van der Waals surface area contributed by atoms with Crippen molar-refractivity contribution in [2.24, 2.45) is 5.41 Å². The van der Waals surface area contributed by atoms with E-state index in [1.807, 2.05) is 19.1 Å². The van der Waals surface area contributed by atoms with E-state index in [1.54, 1.807) is 51.1 Å². The average molecular weight is 423 g/mol. The number of benzene rings is 2. The molecule has 4 rings (SSSR count). The minimum absolute atomic E-state index is 0.0730. The van der Waals surface area contributed by atoms with Crippen LogP contribution in [-0.2, 0) is 9.59 Å². The Balaban J connectivity index is 1.87. The van der Waals surface area contributed by atoms with Gasteiger partial charge in [0.05, 0.1) is 18.2 Å². The highest BCUT2D eigenvalue weighted by atomic mass is 16.7. The number of carbonyl (C=O) groups excluding carboxylic acids is 2. The second kappa shape index (κ2) is 7.65. The van der Waals surface area contributed by atoms with Gasteiger partial charge < -0.3 is 19.3 Å². The van der Waals surface area contributed by atoms with E-state index in [2.05, 4.69) is 0 Å². The number of aliphatic hydroxyl groups is 1. The molecule has 2 heterocycles. The van der Waals surface area contributed by atoms with Crippen LogP contribution < -0.4 is 19.1 Å². The quantitative estimate of drug-likeness (QED) is 0.771. The first kappa shape index (κ1) is 20.8. The van der Waals surface area contributed by atoms with Crippen molar-refractivity contribution in [2.45, 2.75) is 33.7 Å². The number of amides is 1. The number of Topliss-reactive ketones (excluding diaryl/α,β-unsaturated/α-hetero) is 1. The number of fused-ring (bicyclic) bond motifs is 1. The maximum absolute atomic E-state index is 13.3. The molecule has 2 aliphatic rings. The largest absolute Gasteiger partial charge is 0.503 e. The van der Waals surface area contributed by atoms with Crippen LogP contribution in [0.25, 0.3) is 0 Å². The lowest BCUT2D eigenvalue weighted by atomic mass is 9.82. The van der Waals surface area contributed by atoms with Crippen LogP contribution in [-0.4, -0.2) is 30.2 Å². The van der Waals surface area contributed by atoms with Gasteiger partial charge in [-0.05, 0) is 36.8 Å². The van der Waals surface area contributed by atoms with Gasteiger partial charge in [0.1, 0.15) is 5.75 Å². The molecule has 1 unspecified atom stereocenters. The summed E-state index contributed by atoms with van der Waals surface area (Å²) in [6, 6.07) is 11.5. The van der Waals surface area contributed by atoms with Gasteiger partial charge in [0, 0.05) is 17.2 Å². The second-order valence-electron chi connectivity index (χ2n) is 8.46. The van der Waals surface area contributed by atoms with Crippen molar-refractivity contribution in [2.75, 3.05) is 18.3 Å². The lowest BCUT2D eigenvalue weighted by Crippen LogP contribution is -2.32. The number of anilines is 1. The molecule has 0 aromatic heterocycles. The zero-order valence-electron chi connectivity index (χ0n) is 18.0. The number of hydrogen-bond donors (Lipinski definition) is 1. The molecule has 1 N–H and O–H groups in total. The van der Waals surface area contributed by atoms with Crippen LogP contribution >= 0.6 is 0 Å². The zero-order valence-corrected chi connectivity index (χ0v) is 18.0. The molecular formula is C24H25NO6. The first-order chi connectivity index (χ1) is 14.7. The Morgan fingerprint density at radius 3 is 2.61 bits per heavy atom. The summed E-state index contributed by atoms with van der Waals surface area (Å²) >= 11 is 0. The number of aliphatic hydroxyl groups excluding tert-OH is 1. The molecule has 2 aromatic rings. The lowest BCUT2D eigenvalue weighted by Gasteiger charge is -2.29. The molecule has 0 bridgehead atoms. The molecule has 0 saturated carbocycles. The van der Waals surface area contributed by atoms with Crippen molar-refractivity contribution in [3.05, 3.63) is 59.4 Å². The van der Waals surface area contributed by atoms with Gasteiger partial charge in [0.25, 0.3) is 5.91 Å². The van der Waals surface area contributed by atoms with Gasteiger partial charge in [0.15, 0.2) is 23.0 Å². The summed E-state index contributed by atoms with van der Waals surface area (Å²) in [6.45, 7) is 7.74. The van der Waals surface area contributed by atoms with Crippen molar-refractivity contribution in [1.82, 2.24) is 0 Å². The molecule has 0 radical (unpaired) electrons. The topological polar surface area (TPSA) is 85.3 Å². The van der Waals surface area contributed by atoms with E-state index in [-0.39, 0.29) is 18.1 Å². The molecule has 7 nitrogen and oxygen atoms in total. The zero-order chi connectivity index (χ0) is 22.3. The smallest absolute Gasteiger partial charge is 0.294 e. The summed E-state index contributed by atoms with van der Waals surface area (Å²) in [5.41, 5.74) is 0.436. The summed E-state index contributed by atoms with van der Waals surface area (Å²) in [5, 5.41) is 10.8. The maximum atomic E-state index is 13.3. The Hall–Kier alpha value is -3.48. The van der Waals surface area contributed by atoms with Crippen LogP contribution in [0.1, 0.15) is 39.3 Å². The fourth-order valence-corrected chi connectivity index (χ4v) is 3.80. The predicted octanol–water partition coefficient (Wildman–Crippen LogP) is 4.33. The lowest BCUT2D eigenvalue weighted by molar-refractivity contribution is -0.123. The average Bonchev–Trinajstić information content (AvgIpc) is 3.29. The Bertz CT molecular complexity index is 1080. The number of rotatable bonds is 5. The Kier molecular flexibility index (Phi) is 5.13. The summed E-state index contributed by atoms with van der Waals surface area (Å²) in [7, 11) is 0. The third kappa shape index (κ3) is 3.60. The normalized spacial score (nSPS) is 18.0. The maximum Gasteiger partial charge on any atom is 0.294 e. The van der Waals surface area contributed by atoms with E-state index in [0.717, 1.165) is 0 Å². The van der Waals surface area contributed by atoms with E-state index < -0.39 is 23.1 Å². The highest BCUT2D eigenvalue weighted by Crippen LogP contribution is 2.46. The highest BCUT2D eigenvalue weighted by molar-refractivity contribution is 6.17. The molecule has 1 amide bonds. The minimum atomic E-state index is -0.806. The van der Waals surface area contributed by atoms with Crippen LogP contribution in [0.15, 0.2) is 53.8 Å². The van der Waals surface area contributed by atoms with Gasteiger partial charge in [0.2, 0.25) is 6.79 Å². The summed E-state index contributed by atoms with van der Waals surface area (Å²) in [6.07, 6.45) is 0. The van der Waals surface area contributed by atoms with E-state index in [9.17, 15) is 14.7 Å². The number of ketones is 1. The molecule has 0 spiro atoms. The number of hydrogen-bond acceptors (Lipinski definition) is 6. The number of ether oxygens (including phenoxy) is 3. The molecule has 162 valence electrons. The predicted molar refractivity (Wildman–Crippen MR) is 115 cm³/mol. The first-order valence-electron chi connectivity index (χ1n) is 10.2. The first-order valence-corrected chi connectivity index (χ1v) is 10.2. The minimum Gasteiger partial charge on any atom is -0.503 e. The van der Waals surface area contributed by atoms with E-state index in [0.29, 0.717) is 35.1 Å². The van der Waals surface area contributed by atoms with Crippen molar-refractivity contribution in [1.29, 1.82) is 0 Å². The second-order valence-corrected chi connectivity index (χ2v) is 8.46. The van der Waals surface area contributed by atoms with Gasteiger partial charge in [-0.1, -0.05) is 32.9 Å². The molecule has 2 aromatic carbocycles. The Morgan fingerprint density at radius 1 is 1.16 bits per heavy atom. The van der Waals surface area contributed by atoms with Gasteiger partial charge in [-0.15, -0.1) is 0 Å². The Labute approximate surface area is 180 Å². The van der Waals surface area contributed by atoms with Crippen molar-refractivity contribution >= 4 is 17.4 Å². The molecule has 0 aliphatic carbocycles. The molecule has 31 heavy (non-hydrogen) atoms. The third-order valence-electron chi connectivity index (χ3n) is 5.25. The van der Waals surface area contributed by atoms with Crippen molar-refractivity contribution in [3.8, 4) is 17.2 Å². The fourth-order valence-electron chi connectivity index (χ4n) is 3.80. The van der Waals surface area contributed by atoms with Crippen LogP contribution in [0.3, 0.4) is 0 Å². The number of nitrogens with zero attached hydrogens (tertiary/aromatic N) is 1. The molecular weight excluding hydrogens is 398 g/mol. The SMILES string of the molecule is CCOc1cccc(C2C(C(=O)C(C)(C)C)=C(O)C(=O)N2c2ccc3c(c2)OCO3)c1. The molecule has 7 heteroatoms. The third-order valence-corrected chi connectivity index (χ3v) is 5.25. The van der Waals surface area contributed by atoms with Gasteiger partial charge >= 0.3 is 0 Å². The van der Waals surface area contributed by atoms with E-state index >= 15 is 0 Å². The summed E-state index contributed by atoms with van der Waals surface area (Å²) in [4.78, 5) is 27.9. The molecule has 2 aliphatic heterocycles. The molecule has 0 fully saturated rings. The molecule has 1 atom stereocenters. The highest BCUT2D eigenvalue weighted by Gasteiger charge is 2.47. The summed E-state index contributed by atoms with van der Waals surface area (Å²) in [5.74, 6) is 0.221. The van der Waals surface area contributed by atoms with Crippen LogP contribution in [0, 0.1) is 5.41 Å². The standard InChI is InChI=1S/C24H25NO6/c1-5-29-16-8-6-7-14(11-16)20-19(22(27)24(2,3)4)21(26)23(28)25(20)15-9-10-17-18(12-15)31-13-30-17/h6-12,20,26H,5,13H2,1-4H3. The van der Waals surface area contributed by atoms with Crippen molar-refractivity contribution < 1.29 is 28.9 Å². The monoisotopic (exact) mass is 423 g/mol. The van der Waals surface area contributed by atoms with Gasteiger partial charge in [-0.25, -0.2) is 0 Å². The van der Waals surface area contributed by atoms with E-state index in [1.165, 1.54) is 4.90 Å². The van der Waals surface area contributed by atoms with Gasteiger partial charge in [-0.3, -0.25) is 14.5 Å². The molecule has 0 saturated heterocycles. The van der Waals surface area contributed by atoms with E-state index in [4.69, 9.17) is 14.2 Å². The van der Waals surface area contributed by atoms with Crippen LogP contribution in [0.2, 0.25) is 0 Å². The van der Waals surface area contributed by atoms with Crippen LogP contribution in [0.4, 0.5) is 5.69 Å². The number of carbonyl (C=O) groups is 2. The van der Waals surface area contributed by atoms with Crippen LogP contribution in [0.5, 0.6) is 17.2 Å². The fraction of sp³-hybridized carbons (Fsp3) is 0.333. The summed E-state index contributed by atoms with van der Waals surface area (Å²) < 4.78 is 16.4.